The quantitative estimate of drug-likeness (QED) is 0.575. The number of rotatable bonds is 4. The number of pyridine rings is 1. The number of allylic oxidation sites excluding steroid dienone is 1. The molecule has 0 unspecified atom stereocenters. The van der Waals surface area contributed by atoms with Crippen molar-refractivity contribution in [2.75, 3.05) is 0 Å². The molecule has 2 aromatic carbocycles. The lowest BCUT2D eigenvalue weighted by Gasteiger charge is -2.02. The second kappa shape index (κ2) is 6.71. The Morgan fingerprint density at radius 1 is 0.913 bits per heavy atom. The van der Waals surface area contributed by atoms with Crippen molar-refractivity contribution in [3.8, 4) is 16.9 Å². The maximum atomic E-state index is 12.0. The van der Waals surface area contributed by atoms with E-state index in [1.54, 1.807) is 48.8 Å². The molecule has 3 aromatic rings. The number of ketones is 1. The minimum absolute atomic E-state index is 0.0688. The van der Waals surface area contributed by atoms with E-state index in [4.69, 9.17) is 0 Å². The van der Waals surface area contributed by atoms with E-state index in [1.807, 2.05) is 36.4 Å². The van der Waals surface area contributed by atoms with Crippen molar-refractivity contribution in [2.45, 2.75) is 0 Å². The standard InChI is InChI=1S/C20H15NO2/c22-19-10-8-17(9-11-19)16-6-3-15(4-7-16)5-12-20(23)18-2-1-13-21-14-18/h1-14,22H/b12-5+. The van der Waals surface area contributed by atoms with Crippen LogP contribution in [-0.4, -0.2) is 15.9 Å². The normalized spacial score (nSPS) is 10.8. The zero-order chi connectivity index (χ0) is 16.1. The molecule has 112 valence electrons. The van der Waals surface area contributed by atoms with E-state index in [0.29, 0.717) is 5.56 Å². The Labute approximate surface area is 134 Å². The Hall–Kier alpha value is -3.20. The second-order valence-electron chi connectivity index (χ2n) is 5.11. The van der Waals surface area contributed by atoms with Crippen LogP contribution < -0.4 is 0 Å². The van der Waals surface area contributed by atoms with E-state index in [0.717, 1.165) is 16.7 Å². The molecular weight excluding hydrogens is 286 g/mol. The fourth-order valence-corrected chi connectivity index (χ4v) is 2.22. The van der Waals surface area contributed by atoms with Gasteiger partial charge in [0.2, 0.25) is 0 Å². The summed E-state index contributed by atoms with van der Waals surface area (Å²) in [5.74, 6) is 0.183. The van der Waals surface area contributed by atoms with Crippen molar-refractivity contribution < 1.29 is 9.90 Å². The number of nitrogens with zero attached hydrogens (tertiary/aromatic N) is 1. The Kier molecular flexibility index (Phi) is 4.29. The number of hydrogen-bond acceptors (Lipinski definition) is 3. The van der Waals surface area contributed by atoms with Crippen LogP contribution in [0.5, 0.6) is 5.75 Å². The lowest BCUT2D eigenvalue weighted by molar-refractivity contribution is 0.104. The molecule has 0 bridgehead atoms. The first-order chi connectivity index (χ1) is 11.2. The third-order valence-electron chi connectivity index (χ3n) is 3.48. The van der Waals surface area contributed by atoms with E-state index in [-0.39, 0.29) is 11.5 Å². The molecule has 1 aromatic heterocycles. The predicted octanol–water partition coefficient (Wildman–Crippen LogP) is 4.35. The van der Waals surface area contributed by atoms with Crippen LogP contribution in [-0.2, 0) is 0 Å². The first kappa shape index (κ1) is 14.7. The summed E-state index contributed by atoms with van der Waals surface area (Å²) in [5.41, 5.74) is 3.61. The Balaban J connectivity index is 1.74. The fraction of sp³-hybridized carbons (Fsp3) is 0. The van der Waals surface area contributed by atoms with Crippen LogP contribution in [0.2, 0.25) is 0 Å². The van der Waals surface area contributed by atoms with Gasteiger partial charge < -0.3 is 5.11 Å². The van der Waals surface area contributed by atoms with Crippen LogP contribution in [0.4, 0.5) is 0 Å². The van der Waals surface area contributed by atoms with Gasteiger partial charge >= 0.3 is 0 Å². The van der Waals surface area contributed by atoms with Crippen LogP contribution in [0.1, 0.15) is 15.9 Å². The molecule has 3 heteroatoms. The summed E-state index contributed by atoms with van der Waals surface area (Å²) in [4.78, 5) is 15.9. The topological polar surface area (TPSA) is 50.2 Å². The third kappa shape index (κ3) is 3.71. The fourth-order valence-electron chi connectivity index (χ4n) is 2.22. The first-order valence-corrected chi connectivity index (χ1v) is 7.24. The van der Waals surface area contributed by atoms with Gasteiger partial charge in [0.25, 0.3) is 0 Å². The summed E-state index contributed by atoms with van der Waals surface area (Å²) in [6, 6.07) is 18.4. The molecule has 0 amide bonds. The zero-order valence-corrected chi connectivity index (χ0v) is 12.4. The highest BCUT2D eigenvalue weighted by molar-refractivity contribution is 6.06. The van der Waals surface area contributed by atoms with Gasteiger partial charge in [-0.25, -0.2) is 0 Å². The molecule has 23 heavy (non-hydrogen) atoms. The van der Waals surface area contributed by atoms with Gasteiger partial charge in [-0.15, -0.1) is 0 Å². The van der Waals surface area contributed by atoms with Crippen molar-refractivity contribution in [2.24, 2.45) is 0 Å². The summed E-state index contributed by atoms with van der Waals surface area (Å²) in [7, 11) is 0. The average molecular weight is 301 g/mol. The minimum Gasteiger partial charge on any atom is -0.508 e. The number of phenolic OH excluding ortho intramolecular Hbond substituents is 1. The largest absolute Gasteiger partial charge is 0.508 e. The molecule has 0 saturated heterocycles. The monoisotopic (exact) mass is 301 g/mol. The minimum atomic E-state index is -0.0688. The van der Waals surface area contributed by atoms with E-state index in [1.165, 1.54) is 0 Å². The molecule has 0 atom stereocenters. The van der Waals surface area contributed by atoms with Crippen molar-refractivity contribution in [3.05, 3.63) is 90.3 Å². The number of aromatic hydroxyl groups is 1. The number of phenols is 1. The third-order valence-corrected chi connectivity index (χ3v) is 3.48. The average Bonchev–Trinajstić information content (AvgIpc) is 2.61. The Morgan fingerprint density at radius 2 is 1.57 bits per heavy atom. The van der Waals surface area contributed by atoms with Crippen LogP contribution in [0.25, 0.3) is 17.2 Å². The van der Waals surface area contributed by atoms with Gasteiger partial charge in [-0.1, -0.05) is 42.5 Å². The molecule has 0 fully saturated rings. The van der Waals surface area contributed by atoms with Gasteiger partial charge in [-0.3, -0.25) is 9.78 Å². The van der Waals surface area contributed by atoms with Gasteiger partial charge in [-0.2, -0.15) is 0 Å². The summed E-state index contributed by atoms with van der Waals surface area (Å²) < 4.78 is 0. The molecule has 3 nitrogen and oxygen atoms in total. The molecule has 1 heterocycles. The van der Waals surface area contributed by atoms with Crippen LogP contribution in [0.3, 0.4) is 0 Å². The lowest BCUT2D eigenvalue weighted by Crippen LogP contribution is -1.93. The van der Waals surface area contributed by atoms with Gasteiger partial charge in [0.05, 0.1) is 0 Å². The van der Waals surface area contributed by atoms with Gasteiger partial charge in [-0.05, 0) is 47.0 Å². The molecule has 0 aliphatic carbocycles. The molecular formula is C20H15NO2. The second-order valence-corrected chi connectivity index (χ2v) is 5.11. The number of carbonyl (C=O) groups is 1. The summed E-state index contributed by atoms with van der Waals surface area (Å²) in [6.07, 6.45) is 6.53. The number of carbonyl (C=O) groups excluding carboxylic acids is 1. The smallest absolute Gasteiger partial charge is 0.187 e. The van der Waals surface area contributed by atoms with Crippen molar-refractivity contribution in [3.63, 3.8) is 0 Å². The predicted molar refractivity (Wildman–Crippen MR) is 91.1 cm³/mol. The number of benzene rings is 2. The maximum Gasteiger partial charge on any atom is 0.187 e. The van der Waals surface area contributed by atoms with Crippen LogP contribution in [0, 0.1) is 0 Å². The highest BCUT2D eigenvalue weighted by Crippen LogP contribution is 2.22. The zero-order valence-electron chi connectivity index (χ0n) is 12.4. The van der Waals surface area contributed by atoms with E-state index < -0.39 is 0 Å². The van der Waals surface area contributed by atoms with E-state index >= 15 is 0 Å². The highest BCUT2D eigenvalue weighted by Gasteiger charge is 2.01. The molecule has 0 aliphatic heterocycles. The molecule has 0 spiro atoms. The molecule has 0 saturated carbocycles. The van der Waals surface area contributed by atoms with Crippen molar-refractivity contribution in [1.29, 1.82) is 0 Å². The van der Waals surface area contributed by atoms with Gasteiger partial charge in [0.15, 0.2) is 5.78 Å². The van der Waals surface area contributed by atoms with Crippen molar-refractivity contribution in [1.82, 2.24) is 4.98 Å². The maximum absolute atomic E-state index is 12.0. The lowest BCUT2D eigenvalue weighted by atomic mass is 10.0. The van der Waals surface area contributed by atoms with E-state index in [9.17, 15) is 9.90 Å². The first-order valence-electron chi connectivity index (χ1n) is 7.24. The number of aromatic nitrogens is 1. The highest BCUT2D eigenvalue weighted by atomic mass is 16.3. The summed E-state index contributed by atoms with van der Waals surface area (Å²) >= 11 is 0. The molecule has 1 N–H and O–H groups in total. The summed E-state index contributed by atoms with van der Waals surface area (Å²) in [6.45, 7) is 0. The van der Waals surface area contributed by atoms with Gasteiger partial charge in [0, 0.05) is 18.0 Å². The summed E-state index contributed by atoms with van der Waals surface area (Å²) in [5, 5.41) is 9.32. The number of hydrogen-bond donors (Lipinski definition) is 1. The van der Waals surface area contributed by atoms with Crippen molar-refractivity contribution >= 4 is 11.9 Å². The molecule has 0 aliphatic rings. The Morgan fingerprint density at radius 3 is 2.17 bits per heavy atom. The molecule has 0 radical (unpaired) electrons. The SMILES string of the molecule is O=C(/C=C/c1ccc(-c2ccc(O)cc2)cc1)c1cccnc1. The van der Waals surface area contributed by atoms with Gasteiger partial charge in [0.1, 0.15) is 5.75 Å². The van der Waals surface area contributed by atoms with E-state index in [2.05, 4.69) is 4.98 Å². The van der Waals surface area contributed by atoms with Crippen LogP contribution >= 0.6 is 0 Å². The molecule has 3 rings (SSSR count). The Bertz CT molecular complexity index is 820. The van der Waals surface area contributed by atoms with Crippen LogP contribution in [0.15, 0.2) is 79.1 Å².